The number of nitro benzene ring substituents is 1. The summed E-state index contributed by atoms with van der Waals surface area (Å²) in [6, 6.07) is 2.71. The number of benzene rings is 2. The van der Waals surface area contributed by atoms with Crippen LogP contribution in [0.4, 0.5) is 20.2 Å². The topological polar surface area (TPSA) is 164 Å². The Balaban J connectivity index is 0.000000227. The number of nitrogens with zero attached hydrogens (tertiary/aromatic N) is 3. The van der Waals surface area contributed by atoms with Crippen molar-refractivity contribution >= 4 is 72.7 Å². The number of carbonyl (C=O) groups excluding carboxylic acids is 2. The molecule has 5 rings (SSSR count). The molecule has 3 aliphatic rings. The van der Waals surface area contributed by atoms with Crippen molar-refractivity contribution in [3.8, 4) is 11.5 Å². The molecule has 2 aromatic rings. The lowest BCUT2D eigenvalue weighted by atomic mass is 9.82. The van der Waals surface area contributed by atoms with Crippen LogP contribution >= 0.6 is 23.2 Å². The lowest BCUT2D eigenvalue weighted by Gasteiger charge is -2.29. The number of fused-ring (bicyclic) bond motifs is 1. The molecular weight excluding hydrogens is 703 g/mol. The van der Waals surface area contributed by atoms with Crippen LogP contribution in [0.3, 0.4) is 0 Å². The number of halogens is 4. The van der Waals surface area contributed by atoms with Crippen LogP contribution in [0, 0.1) is 21.7 Å². The van der Waals surface area contributed by atoms with Gasteiger partial charge in [-0.2, -0.15) is 4.39 Å². The fourth-order valence-electron chi connectivity index (χ4n) is 5.68. The molecule has 1 amide bonds. The third-order valence-electron chi connectivity index (χ3n) is 8.21. The fourth-order valence-corrected chi connectivity index (χ4v) is 6.21. The van der Waals surface area contributed by atoms with Crippen LogP contribution < -0.4 is 14.8 Å². The maximum atomic E-state index is 14.8. The quantitative estimate of drug-likeness (QED) is 0.146. The fraction of sp³-hybridized carbons (Fsp3) is 0.419. The van der Waals surface area contributed by atoms with E-state index in [2.05, 4.69) is 10.1 Å². The van der Waals surface area contributed by atoms with Gasteiger partial charge < -0.3 is 39.2 Å². The van der Waals surface area contributed by atoms with E-state index < -0.39 is 60.6 Å². The molecule has 3 heterocycles. The minimum Gasteiger partial charge on any atom is -0.480 e. The monoisotopic (exact) mass is 738 g/mol. The van der Waals surface area contributed by atoms with E-state index in [1.165, 1.54) is 18.2 Å². The van der Waals surface area contributed by atoms with Crippen LogP contribution in [-0.2, 0) is 14.3 Å². The first-order valence-electron chi connectivity index (χ1n) is 15.7. The number of nitro groups is 1. The Kier molecular flexibility index (Phi) is 13.6. The van der Waals surface area contributed by atoms with E-state index in [0.717, 1.165) is 44.1 Å². The van der Waals surface area contributed by atoms with Gasteiger partial charge in [-0.25, -0.2) is 9.18 Å². The second-order valence-electron chi connectivity index (χ2n) is 11.9. The normalized spacial score (nSPS) is 18.0. The molecule has 19 heteroatoms. The highest BCUT2D eigenvalue weighted by Crippen LogP contribution is 2.41. The molecule has 2 saturated heterocycles. The van der Waals surface area contributed by atoms with Gasteiger partial charge in [0.1, 0.15) is 5.69 Å². The van der Waals surface area contributed by atoms with Gasteiger partial charge in [0, 0.05) is 24.2 Å². The third kappa shape index (κ3) is 9.74. The minimum atomic E-state index is -1.11. The number of hydrogen-bond acceptors (Lipinski definition) is 11. The van der Waals surface area contributed by atoms with Gasteiger partial charge in [0.05, 0.1) is 22.1 Å². The van der Waals surface area contributed by atoms with Crippen molar-refractivity contribution in [3.63, 3.8) is 0 Å². The van der Waals surface area contributed by atoms with Gasteiger partial charge in [0.25, 0.3) is 5.91 Å². The molecule has 0 bridgehead atoms. The van der Waals surface area contributed by atoms with Crippen molar-refractivity contribution in [2.24, 2.45) is 0 Å². The molecule has 3 aliphatic heterocycles. The lowest BCUT2D eigenvalue weighted by Crippen LogP contribution is -2.41. The Hall–Kier alpha value is -3.73. The first kappa shape index (κ1) is 39.1. The highest BCUT2D eigenvalue weighted by molar-refractivity contribution is 6.45. The Morgan fingerprint density at radius 2 is 1.58 bits per heavy atom. The molecular formula is C31H36B2Cl2F2N4O9. The summed E-state index contributed by atoms with van der Waals surface area (Å²) in [5, 5.41) is 33.3. The van der Waals surface area contributed by atoms with Crippen molar-refractivity contribution in [2.45, 2.75) is 39.3 Å². The first-order valence-corrected chi connectivity index (χ1v) is 16.5. The zero-order valence-corrected chi connectivity index (χ0v) is 29.2. The van der Waals surface area contributed by atoms with Crippen LogP contribution in [0.1, 0.15) is 36.8 Å². The van der Waals surface area contributed by atoms with Crippen molar-refractivity contribution in [2.75, 3.05) is 51.8 Å². The average Bonchev–Trinajstić information content (AvgIpc) is 3.08. The van der Waals surface area contributed by atoms with E-state index in [0.29, 0.717) is 31.6 Å². The van der Waals surface area contributed by atoms with Gasteiger partial charge in [0.2, 0.25) is 11.6 Å². The number of amides is 1. The number of nitrogens with one attached hydrogen (secondary N) is 1. The van der Waals surface area contributed by atoms with Gasteiger partial charge in [-0.3, -0.25) is 14.9 Å². The highest BCUT2D eigenvalue weighted by Gasteiger charge is 2.30. The zero-order chi connectivity index (χ0) is 36.7. The Morgan fingerprint density at radius 1 is 1.04 bits per heavy atom. The second-order valence-corrected chi connectivity index (χ2v) is 12.7. The van der Waals surface area contributed by atoms with E-state index in [1.54, 1.807) is 24.5 Å². The van der Waals surface area contributed by atoms with Crippen LogP contribution in [0.5, 0.6) is 11.5 Å². The van der Waals surface area contributed by atoms with Crippen molar-refractivity contribution in [3.05, 3.63) is 66.2 Å². The zero-order valence-electron chi connectivity index (χ0n) is 27.6. The number of anilines is 1. The predicted octanol–water partition coefficient (Wildman–Crippen LogP) is 4.93. The van der Waals surface area contributed by atoms with E-state index in [1.807, 2.05) is 4.81 Å². The maximum Gasteiger partial charge on any atom is 0.376 e. The van der Waals surface area contributed by atoms with E-state index in [4.69, 9.17) is 32.7 Å². The molecule has 0 aliphatic carbocycles. The summed E-state index contributed by atoms with van der Waals surface area (Å²) >= 11 is 12.2. The second kappa shape index (κ2) is 17.5. The summed E-state index contributed by atoms with van der Waals surface area (Å²) in [6.07, 6.45) is 6.41. The molecule has 268 valence electrons. The Bertz CT molecular complexity index is 1700. The van der Waals surface area contributed by atoms with E-state index >= 15 is 0 Å². The van der Waals surface area contributed by atoms with Gasteiger partial charge in [-0.1, -0.05) is 46.5 Å². The predicted molar refractivity (Wildman–Crippen MR) is 186 cm³/mol. The SMILES string of the molecule is CB(O)N1CCCC(=Cc2cc(Cl)c3c(c2F)NC(=O)CO3)C1.COC(=O)COc1c(Cl)cc(C=C2CCCN(B(C)O)C2)c(F)c1[N+](=O)[O-]. The molecule has 2 fully saturated rings. The van der Waals surface area contributed by atoms with Crippen molar-refractivity contribution in [1.82, 2.24) is 9.62 Å². The lowest BCUT2D eigenvalue weighted by molar-refractivity contribution is -0.388. The number of esters is 1. The molecule has 0 unspecified atom stereocenters. The van der Waals surface area contributed by atoms with Crippen LogP contribution in [0.25, 0.3) is 12.2 Å². The maximum absolute atomic E-state index is 14.8. The van der Waals surface area contributed by atoms with Crippen LogP contribution in [-0.4, -0.2) is 97.1 Å². The Labute approximate surface area is 298 Å². The molecule has 0 aromatic heterocycles. The molecule has 13 nitrogen and oxygen atoms in total. The standard InChI is InChI=1S/C16H19BClFN2O6.C15H17BClFN2O3/c1-17(23)20-5-3-4-10(8-20)6-11-7-12(18)16(27-9-13(22)26-2)15(14(11)19)21(24)25;1-16(22)20-4-2-3-9(7-20)5-10-6-11(17)15-14(13(10)18)19-12(21)8-23-15/h6-7,23H,3-5,8-9H2,1-2H3;5-6,22H,2-4,7-8H2,1H3,(H,19,21). The molecule has 0 atom stereocenters. The molecule has 0 spiro atoms. The van der Waals surface area contributed by atoms with Crippen LogP contribution in [0.15, 0.2) is 23.3 Å². The number of piperidine rings is 2. The highest BCUT2D eigenvalue weighted by atomic mass is 35.5. The largest absolute Gasteiger partial charge is 0.480 e. The first-order chi connectivity index (χ1) is 23.7. The molecule has 0 saturated carbocycles. The number of carbonyl (C=O) groups is 2. The number of hydrogen-bond donors (Lipinski definition) is 3. The summed E-state index contributed by atoms with van der Waals surface area (Å²) in [5.74, 6) is -3.21. The van der Waals surface area contributed by atoms with Crippen LogP contribution in [0.2, 0.25) is 23.7 Å². The summed E-state index contributed by atoms with van der Waals surface area (Å²) in [6.45, 7) is 5.06. The van der Waals surface area contributed by atoms with Crippen molar-refractivity contribution in [1.29, 1.82) is 0 Å². The summed E-state index contributed by atoms with van der Waals surface area (Å²) < 4.78 is 44.0. The minimum absolute atomic E-state index is 0.0104. The van der Waals surface area contributed by atoms with Gasteiger partial charge >= 0.3 is 25.8 Å². The smallest absolute Gasteiger partial charge is 0.376 e. The summed E-state index contributed by atoms with van der Waals surface area (Å²) in [5.41, 5.74) is 1.12. The van der Waals surface area contributed by atoms with E-state index in [9.17, 15) is 38.5 Å². The molecule has 0 radical (unpaired) electrons. The molecule has 3 N–H and O–H groups in total. The van der Waals surface area contributed by atoms with Gasteiger partial charge in [0.15, 0.2) is 24.8 Å². The summed E-state index contributed by atoms with van der Waals surface area (Å²) in [4.78, 5) is 36.7. The average molecular weight is 739 g/mol. The van der Waals surface area contributed by atoms with Gasteiger partial charge in [-0.15, -0.1) is 0 Å². The Morgan fingerprint density at radius 3 is 2.10 bits per heavy atom. The number of ether oxygens (including phenoxy) is 3. The van der Waals surface area contributed by atoms with Crippen molar-refractivity contribution < 1.29 is 47.6 Å². The number of methoxy groups -OCH3 is 1. The molecule has 50 heavy (non-hydrogen) atoms. The third-order valence-corrected chi connectivity index (χ3v) is 8.77. The number of rotatable bonds is 8. The van der Waals surface area contributed by atoms with Gasteiger partial charge in [-0.05, 0) is 64.6 Å². The molecule has 2 aromatic carbocycles. The summed E-state index contributed by atoms with van der Waals surface area (Å²) in [7, 11) is -0.0629. The van der Waals surface area contributed by atoms with E-state index in [-0.39, 0.29) is 33.7 Å².